The summed E-state index contributed by atoms with van der Waals surface area (Å²) in [5, 5.41) is 12.8. The lowest BCUT2D eigenvalue weighted by Crippen LogP contribution is -2.37. The van der Waals surface area contributed by atoms with Gasteiger partial charge in [-0.1, -0.05) is 29.8 Å². The number of alkyl halides is 3. The van der Waals surface area contributed by atoms with Crippen molar-refractivity contribution in [2.75, 3.05) is 13.3 Å². The average Bonchev–Trinajstić information content (AvgIpc) is 3.35. The number of halogens is 3. The molecular weight excluding hydrogens is 573 g/mol. The molecule has 0 unspecified atom stereocenters. The van der Waals surface area contributed by atoms with Crippen LogP contribution >= 0.6 is 0 Å². The number of carbonyl (C=O) groups excluding carboxylic acids is 2. The van der Waals surface area contributed by atoms with E-state index in [-0.39, 0.29) is 42.1 Å². The first-order chi connectivity index (χ1) is 19.2. The molecule has 0 bridgehead atoms. The van der Waals surface area contributed by atoms with Gasteiger partial charge in [0.15, 0.2) is 12.4 Å². The van der Waals surface area contributed by atoms with Crippen LogP contribution in [0.1, 0.15) is 37.4 Å². The second kappa shape index (κ2) is 12.8. The van der Waals surface area contributed by atoms with Crippen LogP contribution in [0.15, 0.2) is 59.5 Å². The van der Waals surface area contributed by atoms with Crippen LogP contribution in [0.25, 0.3) is 16.9 Å². The zero-order chi connectivity index (χ0) is 30.4. The number of esters is 1. The molecule has 0 spiro atoms. The third kappa shape index (κ3) is 8.03. The van der Waals surface area contributed by atoms with Crippen LogP contribution in [0.5, 0.6) is 0 Å². The standard InChI is InChI=1S/C25H25F3N4O8S/c1-17-6-8-19(9-7-17)22-15-23(25(26,27)28)29-31(22)20-10-12-21(13-11-20)41(37,38)30(18(2)33)16-39-24(34)5-3-4-14-40-32(35)36/h6-13,15H,3-5,14,16H2,1-2H3. The Morgan fingerprint density at radius 2 is 1.71 bits per heavy atom. The number of carbonyl (C=O) groups is 2. The molecule has 3 aromatic rings. The molecular formula is C25H25F3N4O8S. The summed E-state index contributed by atoms with van der Waals surface area (Å²) in [6.45, 7) is 1.62. The Labute approximate surface area is 232 Å². The SMILES string of the molecule is CC(=O)N(COC(=O)CCCCO[N+](=O)[O-])S(=O)(=O)c1ccc(-n2nc(C(F)(F)F)cc2-c2ccc(C)cc2)cc1. The van der Waals surface area contributed by atoms with Crippen LogP contribution in [0.2, 0.25) is 0 Å². The predicted molar refractivity (Wildman–Crippen MR) is 136 cm³/mol. The topological polar surface area (TPSA) is 151 Å². The molecule has 220 valence electrons. The van der Waals surface area contributed by atoms with Gasteiger partial charge in [-0.05, 0) is 50.1 Å². The predicted octanol–water partition coefficient (Wildman–Crippen LogP) is 4.28. The molecule has 41 heavy (non-hydrogen) atoms. The molecule has 2 aromatic carbocycles. The van der Waals surface area contributed by atoms with Gasteiger partial charge in [0.25, 0.3) is 15.1 Å². The third-order valence-corrected chi connectivity index (χ3v) is 7.49. The highest BCUT2D eigenvalue weighted by Gasteiger charge is 2.35. The van der Waals surface area contributed by atoms with E-state index < -0.39 is 45.6 Å². The van der Waals surface area contributed by atoms with Crippen molar-refractivity contribution in [2.45, 2.75) is 44.2 Å². The molecule has 0 N–H and O–H groups in total. The fourth-order valence-electron chi connectivity index (χ4n) is 3.58. The number of hydrogen-bond acceptors (Lipinski definition) is 9. The Balaban J connectivity index is 1.80. The Bertz CT molecular complexity index is 1510. The molecule has 16 heteroatoms. The van der Waals surface area contributed by atoms with E-state index in [0.29, 0.717) is 9.87 Å². The van der Waals surface area contributed by atoms with Gasteiger partial charge in [-0.2, -0.15) is 22.6 Å². The smallest absolute Gasteiger partial charge is 0.435 e. The van der Waals surface area contributed by atoms with Gasteiger partial charge < -0.3 is 9.57 Å². The number of unbranched alkanes of at least 4 members (excludes halogenated alkanes) is 1. The fraction of sp³-hybridized carbons (Fsp3) is 0.320. The van der Waals surface area contributed by atoms with Crippen molar-refractivity contribution in [1.29, 1.82) is 0 Å². The van der Waals surface area contributed by atoms with E-state index in [1.165, 1.54) is 12.1 Å². The molecule has 1 amide bonds. The number of benzene rings is 2. The molecule has 12 nitrogen and oxygen atoms in total. The van der Waals surface area contributed by atoms with E-state index in [0.717, 1.165) is 35.4 Å². The zero-order valence-electron chi connectivity index (χ0n) is 21.8. The van der Waals surface area contributed by atoms with Gasteiger partial charge in [-0.15, -0.1) is 10.1 Å². The van der Waals surface area contributed by atoms with Gasteiger partial charge in [-0.25, -0.2) is 13.1 Å². The number of sulfonamides is 1. The minimum atomic E-state index is -4.73. The van der Waals surface area contributed by atoms with E-state index >= 15 is 0 Å². The molecule has 0 atom stereocenters. The monoisotopic (exact) mass is 598 g/mol. The van der Waals surface area contributed by atoms with Crippen molar-refractivity contribution in [1.82, 2.24) is 14.1 Å². The first-order valence-corrected chi connectivity index (χ1v) is 13.4. The van der Waals surface area contributed by atoms with Crippen LogP contribution in [0, 0.1) is 17.0 Å². The maximum atomic E-state index is 13.5. The molecule has 0 fully saturated rings. The molecule has 0 saturated carbocycles. The molecule has 0 aliphatic carbocycles. The molecule has 0 aliphatic heterocycles. The van der Waals surface area contributed by atoms with Gasteiger partial charge in [0.1, 0.15) is 0 Å². The highest BCUT2D eigenvalue weighted by molar-refractivity contribution is 7.89. The highest BCUT2D eigenvalue weighted by atomic mass is 32.2. The summed E-state index contributed by atoms with van der Waals surface area (Å²) in [6, 6.07) is 12.2. The largest absolute Gasteiger partial charge is 0.443 e. The van der Waals surface area contributed by atoms with E-state index in [2.05, 4.69) is 9.94 Å². The number of rotatable bonds is 12. The van der Waals surface area contributed by atoms with Gasteiger partial charge in [0.2, 0.25) is 5.91 Å². The summed E-state index contributed by atoms with van der Waals surface area (Å²) in [4.78, 5) is 37.9. The average molecular weight is 599 g/mol. The fourth-order valence-corrected chi connectivity index (χ4v) is 4.84. The summed E-state index contributed by atoms with van der Waals surface area (Å²) in [7, 11) is -4.52. The van der Waals surface area contributed by atoms with Crippen molar-refractivity contribution in [3.05, 3.63) is 76.0 Å². The van der Waals surface area contributed by atoms with Gasteiger partial charge in [0, 0.05) is 18.9 Å². The van der Waals surface area contributed by atoms with Crippen molar-refractivity contribution < 1.29 is 45.8 Å². The maximum Gasteiger partial charge on any atom is 0.435 e. The first-order valence-electron chi connectivity index (χ1n) is 12.0. The number of aryl methyl sites for hydroxylation is 1. The number of hydrogen-bond donors (Lipinski definition) is 0. The van der Waals surface area contributed by atoms with Crippen LogP contribution in [0.3, 0.4) is 0 Å². The van der Waals surface area contributed by atoms with Crippen LogP contribution in [-0.2, 0) is 35.4 Å². The summed E-state index contributed by atoms with van der Waals surface area (Å²) in [5.41, 5.74) is 0.449. The van der Waals surface area contributed by atoms with Crippen molar-refractivity contribution in [3.63, 3.8) is 0 Å². The third-order valence-electron chi connectivity index (χ3n) is 5.68. The van der Waals surface area contributed by atoms with E-state index in [9.17, 15) is 41.3 Å². The number of amides is 1. The Morgan fingerprint density at radius 1 is 1.07 bits per heavy atom. The van der Waals surface area contributed by atoms with Gasteiger partial charge in [0.05, 0.1) is 22.9 Å². The maximum absolute atomic E-state index is 13.5. The van der Waals surface area contributed by atoms with Crippen molar-refractivity contribution in [3.8, 4) is 16.9 Å². The Morgan fingerprint density at radius 3 is 2.27 bits per heavy atom. The zero-order valence-corrected chi connectivity index (χ0v) is 22.6. The lowest BCUT2D eigenvalue weighted by Gasteiger charge is -2.21. The number of aromatic nitrogens is 2. The molecule has 3 rings (SSSR count). The molecule has 0 saturated heterocycles. The van der Waals surface area contributed by atoms with Crippen LogP contribution in [0.4, 0.5) is 13.2 Å². The van der Waals surface area contributed by atoms with Crippen molar-refractivity contribution >= 4 is 21.9 Å². The second-order valence-corrected chi connectivity index (χ2v) is 10.6. The number of ether oxygens (including phenoxy) is 1. The van der Waals surface area contributed by atoms with Gasteiger partial charge >= 0.3 is 12.1 Å². The lowest BCUT2D eigenvalue weighted by atomic mass is 10.1. The normalized spacial score (nSPS) is 11.6. The minimum absolute atomic E-state index is 0.121. The first kappa shape index (κ1) is 31.1. The summed E-state index contributed by atoms with van der Waals surface area (Å²) in [5.74, 6) is -1.80. The number of nitrogens with zero attached hydrogens (tertiary/aromatic N) is 4. The van der Waals surface area contributed by atoms with Gasteiger partial charge in [-0.3, -0.25) is 9.59 Å². The second-order valence-electron chi connectivity index (χ2n) is 8.72. The Kier molecular flexibility index (Phi) is 9.70. The van der Waals surface area contributed by atoms with Crippen molar-refractivity contribution in [2.24, 2.45) is 0 Å². The summed E-state index contributed by atoms with van der Waals surface area (Å²) < 4.78 is 72.9. The van der Waals surface area contributed by atoms with Crippen LogP contribution < -0.4 is 0 Å². The van der Waals surface area contributed by atoms with E-state index in [1.807, 2.05) is 6.92 Å². The lowest BCUT2D eigenvalue weighted by molar-refractivity contribution is -0.757. The Hall–Kier alpha value is -4.47. The highest BCUT2D eigenvalue weighted by Crippen LogP contribution is 2.33. The summed E-state index contributed by atoms with van der Waals surface area (Å²) in [6.07, 6.45) is -4.59. The molecule has 0 radical (unpaired) electrons. The van der Waals surface area contributed by atoms with Crippen LogP contribution in [-0.4, -0.2) is 52.8 Å². The molecule has 1 aromatic heterocycles. The minimum Gasteiger partial charge on any atom is -0.443 e. The quantitative estimate of drug-likeness (QED) is 0.0978. The van der Waals surface area contributed by atoms with E-state index in [1.54, 1.807) is 24.3 Å². The van der Waals surface area contributed by atoms with E-state index in [4.69, 9.17) is 4.74 Å². The molecule has 0 aliphatic rings. The summed E-state index contributed by atoms with van der Waals surface area (Å²) >= 11 is 0. The molecule has 1 heterocycles.